The first-order valence-electron chi connectivity index (χ1n) is 6.79. The van der Waals surface area contributed by atoms with Gasteiger partial charge in [-0.2, -0.15) is 0 Å². The Hall–Kier alpha value is -1.56. The van der Waals surface area contributed by atoms with Crippen LogP contribution in [0.25, 0.3) is 0 Å². The Bertz CT molecular complexity index is 368. The number of aromatic nitrogens is 2. The highest BCUT2D eigenvalue weighted by Gasteiger charge is 2.10. The molecular weight excluding hydrogens is 242 g/mol. The summed E-state index contributed by atoms with van der Waals surface area (Å²) in [6.07, 6.45) is 2.60. The highest BCUT2D eigenvalue weighted by atomic mass is 16.5. The van der Waals surface area contributed by atoms with Gasteiger partial charge in [-0.15, -0.1) is 0 Å². The number of hydrogen-bond acceptors (Lipinski definition) is 6. The molecule has 0 aliphatic rings. The summed E-state index contributed by atoms with van der Waals surface area (Å²) in [6.45, 7) is 8.51. The van der Waals surface area contributed by atoms with E-state index in [1.54, 1.807) is 7.11 Å². The average molecular weight is 267 g/mol. The Labute approximate surface area is 115 Å². The lowest BCUT2D eigenvalue weighted by Crippen LogP contribution is -2.25. The molecule has 0 spiro atoms. The van der Waals surface area contributed by atoms with Crippen molar-refractivity contribution in [1.82, 2.24) is 14.9 Å². The van der Waals surface area contributed by atoms with Crippen molar-refractivity contribution in [3.05, 3.63) is 6.33 Å². The summed E-state index contributed by atoms with van der Waals surface area (Å²) >= 11 is 0. The van der Waals surface area contributed by atoms with E-state index < -0.39 is 0 Å². The molecule has 6 nitrogen and oxygen atoms in total. The number of nitrogens with one attached hydrogen (secondary N) is 2. The fraction of sp³-hybridized carbons (Fsp3) is 0.692. The molecule has 6 heteroatoms. The van der Waals surface area contributed by atoms with Crippen LogP contribution in [0.5, 0.6) is 5.75 Å². The molecule has 108 valence electrons. The minimum Gasteiger partial charge on any atom is -0.490 e. The summed E-state index contributed by atoms with van der Waals surface area (Å²) in [4.78, 5) is 10.7. The summed E-state index contributed by atoms with van der Waals surface area (Å²) < 4.78 is 5.33. The molecule has 0 amide bonds. The largest absolute Gasteiger partial charge is 0.490 e. The Balaban J connectivity index is 2.49. The van der Waals surface area contributed by atoms with E-state index in [9.17, 15) is 0 Å². The zero-order valence-electron chi connectivity index (χ0n) is 12.4. The number of methoxy groups -OCH3 is 1. The first-order chi connectivity index (χ1) is 9.26. The second kappa shape index (κ2) is 8.53. The van der Waals surface area contributed by atoms with E-state index >= 15 is 0 Å². The van der Waals surface area contributed by atoms with Crippen LogP contribution in [0.3, 0.4) is 0 Å². The molecule has 0 bridgehead atoms. The monoisotopic (exact) mass is 267 g/mol. The van der Waals surface area contributed by atoms with Gasteiger partial charge in [-0.1, -0.05) is 13.8 Å². The Morgan fingerprint density at radius 1 is 1.21 bits per heavy atom. The van der Waals surface area contributed by atoms with Crippen LogP contribution in [-0.4, -0.2) is 55.2 Å². The molecular formula is C13H25N5O. The van der Waals surface area contributed by atoms with Gasteiger partial charge in [-0.25, -0.2) is 9.97 Å². The predicted molar refractivity (Wildman–Crippen MR) is 79.0 cm³/mol. The Kier molecular flexibility index (Phi) is 6.95. The summed E-state index contributed by atoms with van der Waals surface area (Å²) in [5, 5.41) is 6.29. The van der Waals surface area contributed by atoms with Crippen LogP contribution in [0.1, 0.15) is 20.3 Å². The Morgan fingerprint density at radius 3 is 2.47 bits per heavy atom. The number of rotatable bonds is 9. The van der Waals surface area contributed by atoms with Crippen molar-refractivity contribution in [3.63, 3.8) is 0 Å². The second-order valence-corrected chi connectivity index (χ2v) is 4.16. The van der Waals surface area contributed by atoms with E-state index in [1.165, 1.54) is 6.33 Å². The molecule has 0 aliphatic heterocycles. The standard InChI is InChI=1S/C13H25N5O/c1-5-18(6-2)9-7-8-15-13-11(19-4)12(14-3)16-10-17-13/h10H,5-9H2,1-4H3,(H2,14,15,16,17). The van der Waals surface area contributed by atoms with Gasteiger partial charge >= 0.3 is 0 Å². The van der Waals surface area contributed by atoms with Gasteiger partial charge in [0.15, 0.2) is 11.6 Å². The molecule has 0 unspecified atom stereocenters. The van der Waals surface area contributed by atoms with E-state index in [2.05, 4.69) is 39.3 Å². The molecule has 0 saturated heterocycles. The molecule has 0 atom stereocenters. The second-order valence-electron chi connectivity index (χ2n) is 4.16. The van der Waals surface area contributed by atoms with Gasteiger partial charge in [0.25, 0.3) is 0 Å². The topological polar surface area (TPSA) is 62.3 Å². The third-order valence-electron chi connectivity index (χ3n) is 3.08. The molecule has 19 heavy (non-hydrogen) atoms. The van der Waals surface area contributed by atoms with Crippen molar-refractivity contribution >= 4 is 11.6 Å². The van der Waals surface area contributed by atoms with Crippen molar-refractivity contribution in [1.29, 1.82) is 0 Å². The molecule has 0 fully saturated rings. The first kappa shape index (κ1) is 15.5. The molecule has 1 rings (SSSR count). The molecule has 2 N–H and O–H groups in total. The minimum absolute atomic E-state index is 0.660. The lowest BCUT2D eigenvalue weighted by Gasteiger charge is -2.18. The number of ether oxygens (including phenoxy) is 1. The number of hydrogen-bond donors (Lipinski definition) is 2. The fourth-order valence-electron chi connectivity index (χ4n) is 1.92. The molecule has 1 aromatic heterocycles. The van der Waals surface area contributed by atoms with Gasteiger partial charge in [0, 0.05) is 13.6 Å². The highest BCUT2D eigenvalue weighted by molar-refractivity contribution is 5.63. The summed E-state index contributed by atoms with van der Waals surface area (Å²) in [5.74, 6) is 2.10. The molecule has 1 aromatic rings. The van der Waals surface area contributed by atoms with Crippen LogP contribution >= 0.6 is 0 Å². The van der Waals surface area contributed by atoms with Gasteiger partial charge in [0.1, 0.15) is 6.33 Å². The van der Waals surface area contributed by atoms with Gasteiger partial charge in [0.05, 0.1) is 7.11 Å². The van der Waals surface area contributed by atoms with Gasteiger partial charge in [-0.3, -0.25) is 0 Å². The molecule has 0 saturated carbocycles. The molecule has 0 aliphatic carbocycles. The van der Waals surface area contributed by atoms with Crippen molar-refractivity contribution in [3.8, 4) is 5.75 Å². The van der Waals surface area contributed by atoms with Crippen LogP contribution in [-0.2, 0) is 0 Å². The quantitative estimate of drug-likeness (QED) is 0.664. The van der Waals surface area contributed by atoms with Crippen molar-refractivity contribution in [2.75, 3.05) is 51.0 Å². The average Bonchev–Trinajstić information content (AvgIpc) is 2.46. The van der Waals surface area contributed by atoms with Gasteiger partial charge in [-0.05, 0) is 26.1 Å². The fourth-order valence-corrected chi connectivity index (χ4v) is 1.92. The van der Waals surface area contributed by atoms with Crippen molar-refractivity contribution < 1.29 is 4.74 Å². The predicted octanol–water partition coefficient (Wildman–Crippen LogP) is 1.67. The van der Waals surface area contributed by atoms with E-state index in [0.717, 1.165) is 38.4 Å². The first-order valence-corrected chi connectivity index (χ1v) is 6.79. The van der Waals surface area contributed by atoms with Crippen molar-refractivity contribution in [2.24, 2.45) is 0 Å². The third-order valence-corrected chi connectivity index (χ3v) is 3.08. The zero-order chi connectivity index (χ0) is 14.1. The summed E-state index contributed by atoms with van der Waals surface area (Å²) in [6, 6.07) is 0. The van der Waals surface area contributed by atoms with Crippen LogP contribution in [0.15, 0.2) is 6.33 Å². The maximum Gasteiger partial charge on any atom is 0.204 e. The normalized spacial score (nSPS) is 10.6. The van der Waals surface area contributed by atoms with E-state index in [-0.39, 0.29) is 0 Å². The van der Waals surface area contributed by atoms with Crippen LogP contribution in [0, 0.1) is 0 Å². The molecule has 0 aromatic carbocycles. The molecule has 1 heterocycles. The third kappa shape index (κ3) is 4.55. The summed E-state index contributed by atoms with van der Waals surface area (Å²) in [5.41, 5.74) is 0. The maximum atomic E-state index is 5.33. The lowest BCUT2D eigenvalue weighted by molar-refractivity contribution is 0.303. The van der Waals surface area contributed by atoms with E-state index in [0.29, 0.717) is 11.6 Å². The van der Waals surface area contributed by atoms with Crippen molar-refractivity contribution in [2.45, 2.75) is 20.3 Å². The minimum atomic E-state index is 0.660. The zero-order valence-corrected chi connectivity index (χ0v) is 12.4. The molecule has 0 radical (unpaired) electrons. The number of anilines is 2. The lowest BCUT2D eigenvalue weighted by atomic mass is 10.3. The van der Waals surface area contributed by atoms with Crippen LogP contribution in [0.2, 0.25) is 0 Å². The number of nitrogens with zero attached hydrogens (tertiary/aromatic N) is 3. The Morgan fingerprint density at radius 2 is 1.89 bits per heavy atom. The van der Waals surface area contributed by atoms with Gasteiger partial charge in [0.2, 0.25) is 5.75 Å². The highest BCUT2D eigenvalue weighted by Crippen LogP contribution is 2.28. The SMILES string of the molecule is CCN(CC)CCCNc1ncnc(NC)c1OC. The van der Waals surface area contributed by atoms with E-state index in [1.807, 2.05) is 7.05 Å². The van der Waals surface area contributed by atoms with Gasteiger partial charge < -0.3 is 20.3 Å². The maximum absolute atomic E-state index is 5.33. The van der Waals surface area contributed by atoms with Crippen LogP contribution in [0.4, 0.5) is 11.6 Å². The summed E-state index contributed by atoms with van der Waals surface area (Å²) in [7, 11) is 3.44. The van der Waals surface area contributed by atoms with E-state index in [4.69, 9.17) is 4.74 Å². The smallest absolute Gasteiger partial charge is 0.204 e. The van der Waals surface area contributed by atoms with Crippen LogP contribution < -0.4 is 15.4 Å².